The first-order chi connectivity index (χ1) is 9.92. The molecule has 0 aliphatic rings. The highest BCUT2D eigenvalue weighted by atomic mass is 16.3. The molecule has 0 atom stereocenters. The van der Waals surface area contributed by atoms with Crippen LogP contribution in [0.15, 0.2) is 68.4 Å². The Balaban J connectivity index is 1.92. The summed E-state index contributed by atoms with van der Waals surface area (Å²) in [5, 5.41) is 0. The zero-order chi connectivity index (χ0) is 13.4. The van der Waals surface area contributed by atoms with Crippen LogP contribution < -0.4 is 0 Å². The quantitative estimate of drug-likeness (QED) is 0.603. The van der Waals surface area contributed by atoms with E-state index in [4.69, 9.17) is 13.3 Å². The van der Waals surface area contributed by atoms with Gasteiger partial charge in [-0.3, -0.25) is 0 Å². The minimum absolute atomic E-state index is 0.632. The van der Waals surface area contributed by atoms with Crippen LogP contribution in [0.2, 0.25) is 0 Å². The fraction of sp³-hybridized carbons (Fsp3) is 0. The Morgan fingerprint density at radius 1 is 0.750 bits per heavy atom. The minimum atomic E-state index is 0.632. The van der Waals surface area contributed by atoms with E-state index in [1.165, 1.54) is 0 Å². The van der Waals surface area contributed by atoms with E-state index in [2.05, 4.69) is 9.97 Å². The number of rotatable bonds is 3. The highest BCUT2D eigenvalue weighted by Crippen LogP contribution is 2.33. The first-order valence-electron chi connectivity index (χ1n) is 6.13. The first kappa shape index (κ1) is 10.9. The van der Waals surface area contributed by atoms with Gasteiger partial charge in [0.1, 0.15) is 11.4 Å². The topological polar surface area (TPSA) is 68.1 Å². The van der Waals surface area contributed by atoms with E-state index in [0.29, 0.717) is 28.8 Å². The third kappa shape index (κ3) is 1.68. The van der Waals surface area contributed by atoms with E-state index in [9.17, 15) is 0 Å². The van der Waals surface area contributed by atoms with E-state index in [0.717, 1.165) is 5.69 Å². The summed E-state index contributed by atoms with van der Waals surface area (Å²) in [4.78, 5) is 7.76. The first-order valence-corrected chi connectivity index (χ1v) is 6.13. The standard InChI is InChI=1S/C15H10N2O3/c1-4-10(18-7-1)13-14(11-5-2-8-19-11)17-15(16-13)12-6-3-9-20-12/h1-9H,(H,16,17). The minimum Gasteiger partial charge on any atom is -0.463 e. The molecular weight excluding hydrogens is 256 g/mol. The van der Waals surface area contributed by atoms with Crippen LogP contribution in [0.1, 0.15) is 0 Å². The Bertz CT molecular complexity index is 742. The molecule has 98 valence electrons. The largest absolute Gasteiger partial charge is 0.463 e. The maximum Gasteiger partial charge on any atom is 0.174 e. The Hall–Kier alpha value is -2.95. The van der Waals surface area contributed by atoms with Gasteiger partial charge in [-0.1, -0.05) is 0 Å². The summed E-state index contributed by atoms with van der Waals surface area (Å²) in [5.41, 5.74) is 1.45. The van der Waals surface area contributed by atoms with Crippen LogP contribution in [0.3, 0.4) is 0 Å². The van der Waals surface area contributed by atoms with Crippen molar-refractivity contribution in [2.75, 3.05) is 0 Å². The lowest BCUT2D eigenvalue weighted by molar-refractivity contribution is 0.573. The number of aromatic amines is 1. The zero-order valence-corrected chi connectivity index (χ0v) is 10.4. The van der Waals surface area contributed by atoms with Gasteiger partial charge in [0.2, 0.25) is 0 Å². The third-order valence-corrected chi connectivity index (χ3v) is 2.98. The van der Waals surface area contributed by atoms with Crippen LogP contribution in [0.25, 0.3) is 34.5 Å². The molecule has 5 heteroatoms. The Kier molecular flexibility index (Phi) is 2.35. The van der Waals surface area contributed by atoms with Crippen molar-refractivity contribution in [3.05, 3.63) is 55.2 Å². The Morgan fingerprint density at radius 3 is 1.95 bits per heavy atom. The molecular formula is C15H10N2O3. The molecule has 0 radical (unpaired) electrons. The predicted octanol–water partition coefficient (Wildman–Crippen LogP) is 4.19. The van der Waals surface area contributed by atoms with Crippen LogP contribution in [0.5, 0.6) is 0 Å². The van der Waals surface area contributed by atoms with E-state index in [1.54, 1.807) is 18.8 Å². The van der Waals surface area contributed by atoms with Gasteiger partial charge < -0.3 is 18.2 Å². The van der Waals surface area contributed by atoms with E-state index < -0.39 is 0 Å². The molecule has 0 unspecified atom stereocenters. The van der Waals surface area contributed by atoms with Crippen molar-refractivity contribution in [1.82, 2.24) is 9.97 Å². The molecule has 0 aliphatic carbocycles. The molecule has 0 aliphatic heterocycles. The molecule has 0 saturated carbocycles. The predicted molar refractivity (Wildman–Crippen MR) is 71.7 cm³/mol. The highest BCUT2D eigenvalue weighted by Gasteiger charge is 2.19. The second kappa shape index (κ2) is 4.31. The average Bonchev–Trinajstić information content (AvgIpc) is 3.22. The Morgan fingerprint density at radius 2 is 1.35 bits per heavy atom. The molecule has 4 rings (SSSR count). The maximum atomic E-state index is 5.45. The molecule has 0 saturated heterocycles. The van der Waals surface area contributed by atoms with Crippen LogP contribution in [-0.2, 0) is 0 Å². The van der Waals surface area contributed by atoms with Gasteiger partial charge in [-0.2, -0.15) is 0 Å². The SMILES string of the molecule is c1coc(-c2nc(-c3ccco3)c(-c3ccco3)[nH]2)c1. The van der Waals surface area contributed by atoms with Gasteiger partial charge >= 0.3 is 0 Å². The summed E-state index contributed by atoms with van der Waals surface area (Å²) in [5.74, 6) is 2.66. The molecule has 0 fully saturated rings. The van der Waals surface area contributed by atoms with Gasteiger partial charge in [-0.25, -0.2) is 4.98 Å². The van der Waals surface area contributed by atoms with Crippen molar-refractivity contribution in [3.63, 3.8) is 0 Å². The molecule has 4 heterocycles. The van der Waals surface area contributed by atoms with Crippen molar-refractivity contribution in [1.29, 1.82) is 0 Å². The van der Waals surface area contributed by atoms with Gasteiger partial charge in [-0.15, -0.1) is 0 Å². The molecule has 0 aromatic carbocycles. The average molecular weight is 266 g/mol. The van der Waals surface area contributed by atoms with Crippen LogP contribution in [0.4, 0.5) is 0 Å². The fourth-order valence-corrected chi connectivity index (χ4v) is 2.09. The lowest BCUT2D eigenvalue weighted by Gasteiger charge is -1.95. The van der Waals surface area contributed by atoms with Gasteiger partial charge in [0.25, 0.3) is 0 Å². The normalized spacial score (nSPS) is 11.0. The van der Waals surface area contributed by atoms with Crippen molar-refractivity contribution < 1.29 is 13.3 Å². The second-order valence-corrected chi connectivity index (χ2v) is 4.24. The molecule has 0 spiro atoms. The number of hydrogen-bond donors (Lipinski definition) is 1. The molecule has 5 nitrogen and oxygen atoms in total. The van der Waals surface area contributed by atoms with E-state index in [1.807, 2.05) is 36.4 Å². The van der Waals surface area contributed by atoms with Crippen LogP contribution in [-0.4, -0.2) is 9.97 Å². The summed E-state index contributed by atoms with van der Waals surface area (Å²) < 4.78 is 16.2. The molecule has 4 aromatic rings. The summed E-state index contributed by atoms with van der Waals surface area (Å²) >= 11 is 0. The lowest BCUT2D eigenvalue weighted by atomic mass is 10.2. The summed E-state index contributed by atoms with van der Waals surface area (Å²) in [6.45, 7) is 0. The van der Waals surface area contributed by atoms with Crippen molar-refractivity contribution in [3.8, 4) is 34.5 Å². The monoisotopic (exact) mass is 266 g/mol. The lowest BCUT2D eigenvalue weighted by Crippen LogP contribution is -1.78. The molecule has 20 heavy (non-hydrogen) atoms. The number of imidazole rings is 1. The van der Waals surface area contributed by atoms with Crippen LogP contribution in [0, 0.1) is 0 Å². The van der Waals surface area contributed by atoms with Crippen molar-refractivity contribution in [2.24, 2.45) is 0 Å². The number of furan rings is 3. The summed E-state index contributed by atoms with van der Waals surface area (Å²) in [7, 11) is 0. The van der Waals surface area contributed by atoms with Crippen molar-refractivity contribution >= 4 is 0 Å². The highest BCUT2D eigenvalue weighted by molar-refractivity contribution is 5.75. The number of aromatic nitrogens is 2. The fourth-order valence-electron chi connectivity index (χ4n) is 2.09. The molecule has 4 aromatic heterocycles. The molecule has 1 N–H and O–H groups in total. The van der Waals surface area contributed by atoms with Crippen LogP contribution >= 0.6 is 0 Å². The molecule has 0 amide bonds. The van der Waals surface area contributed by atoms with Gasteiger partial charge in [0, 0.05) is 0 Å². The van der Waals surface area contributed by atoms with E-state index in [-0.39, 0.29) is 0 Å². The number of H-pyrrole nitrogens is 1. The Labute approximate surface area is 113 Å². The number of hydrogen-bond acceptors (Lipinski definition) is 4. The number of nitrogens with zero attached hydrogens (tertiary/aromatic N) is 1. The smallest absolute Gasteiger partial charge is 0.174 e. The van der Waals surface area contributed by atoms with Crippen molar-refractivity contribution in [2.45, 2.75) is 0 Å². The third-order valence-electron chi connectivity index (χ3n) is 2.98. The van der Waals surface area contributed by atoms with Gasteiger partial charge in [0.15, 0.2) is 23.1 Å². The summed E-state index contributed by atoms with van der Waals surface area (Å²) in [6, 6.07) is 11.0. The number of nitrogens with one attached hydrogen (secondary N) is 1. The van der Waals surface area contributed by atoms with Gasteiger partial charge in [-0.05, 0) is 36.4 Å². The second-order valence-electron chi connectivity index (χ2n) is 4.24. The maximum absolute atomic E-state index is 5.45. The zero-order valence-electron chi connectivity index (χ0n) is 10.4. The van der Waals surface area contributed by atoms with E-state index >= 15 is 0 Å². The van der Waals surface area contributed by atoms with Gasteiger partial charge in [0.05, 0.1) is 18.8 Å². The summed E-state index contributed by atoms with van der Waals surface area (Å²) in [6.07, 6.45) is 4.84. The molecule has 0 bridgehead atoms.